The predicted octanol–water partition coefficient (Wildman–Crippen LogP) is 5.09. The van der Waals surface area contributed by atoms with Crippen LogP contribution in [0.4, 0.5) is 11.4 Å². The van der Waals surface area contributed by atoms with E-state index in [2.05, 4.69) is 26.1 Å². The van der Waals surface area contributed by atoms with Crippen molar-refractivity contribution in [2.75, 3.05) is 5.32 Å². The molecule has 1 heteroatoms. The fourth-order valence-corrected chi connectivity index (χ4v) is 1.21. The van der Waals surface area contributed by atoms with Gasteiger partial charge in [0, 0.05) is 11.4 Å². The van der Waals surface area contributed by atoms with Crippen molar-refractivity contribution in [2.24, 2.45) is 5.92 Å². The smallest absolute Gasteiger partial charge is 0.0384 e. The molecule has 0 amide bonds. The normalized spacial score (nSPS) is 9.41. The van der Waals surface area contributed by atoms with Gasteiger partial charge in [0.05, 0.1) is 0 Å². The average molecular weight is 227 g/mol. The van der Waals surface area contributed by atoms with Crippen LogP contribution >= 0.6 is 0 Å². The highest BCUT2D eigenvalue weighted by Crippen LogP contribution is 2.14. The van der Waals surface area contributed by atoms with E-state index in [1.54, 1.807) is 0 Å². The van der Waals surface area contributed by atoms with Crippen molar-refractivity contribution in [3.8, 4) is 0 Å². The average Bonchev–Trinajstić information content (AvgIpc) is 2.31. The van der Waals surface area contributed by atoms with Crippen LogP contribution in [0.2, 0.25) is 0 Å². The van der Waals surface area contributed by atoms with E-state index in [-0.39, 0.29) is 0 Å². The first-order chi connectivity index (χ1) is 8.18. The molecule has 0 spiro atoms. The molecule has 90 valence electrons. The lowest BCUT2D eigenvalue weighted by Gasteiger charge is -2.04. The second-order valence-corrected chi connectivity index (χ2v) is 4.59. The zero-order chi connectivity index (χ0) is 12.5. The molecule has 0 aliphatic heterocycles. The predicted molar refractivity (Wildman–Crippen MR) is 76.7 cm³/mol. The minimum atomic E-state index is 0.833. The molecule has 2 aromatic rings. The van der Waals surface area contributed by atoms with Crippen LogP contribution in [0.5, 0.6) is 0 Å². The van der Waals surface area contributed by atoms with Gasteiger partial charge in [-0.25, -0.2) is 0 Å². The van der Waals surface area contributed by atoms with Gasteiger partial charge in [-0.1, -0.05) is 57.2 Å². The fourth-order valence-electron chi connectivity index (χ4n) is 1.21. The zero-order valence-corrected chi connectivity index (χ0v) is 10.9. The van der Waals surface area contributed by atoms with E-state index < -0.39 is 0 Å². The third-order valence-corrected chi connectivity index (χ3v) is 1.84. The van der Waals surface area contributed by atoms with E-state index in [4.69, 9.17) is 0 Å². The Kier molecular flexibility index (Phi) is 5.87. The van der Waals surface area contributed by atoms with Crippen LogP contribution in [0.3, 0.4) is 0 Å². The van der Waals surface area contributed by atoms with Gasteiger partial charge in [0.1, 0.15) is 0 Å². The highest BCUT2D eigenvalue weighted by Gasteiger charge is 1.89. The first kappa shape index (κ1) is 13.3. The van der Waals surface area contributed by atoms with E-state index >= 15 is 0 Å². The molecule has 0 saturated heterocycles. The Hall–Kier alpha value is -1.76. The summed E-state index contributed by atoms with van der Waals surface area (Å²) in [6.07, 6.45) is 0. The molecule has 0 heterocycles. The third kappa shape index (κ3) is 6.41. The maximum Gasteiger partial charge on any atom is 0.0384 e. The van der Waals surface area contributed by atoms with Crippen LogP contribution in [0.25, 0.3) is 0 Å². The van der Waals surface area contributed by atoms with Crippen molar-refractivity contribution >= 4 is 11.4 Å². The van der Waals surface area contributed by atoms with E-state index in [9.17, 15) is 0 Å². The van der Waals surface area contributed by atoms with Crippen LogP contribution in [0.1, 0.15) is 20.8 Å². The number of para-hydroxylation sites is 2. The minimum Gasteiger partial charge on any atom is -0.356 e. The van der Waals surface area contributed by atoms with Crippen molar-refractivity contribution in [1.29, 1.82) is 0 Å². The van der Waals surface area contributed by atoms with Gasteiger partial charge >= 0.3 is 0 Å². The Labute approximate surface area is 105 Å². The summed E-state index contributed by atoms with van der Waals surface area (Å²) in [5, 5.41) is 3.30. The van der Waals surface area contributed by atoms with Crippen molar-refractivity contribution in [3.63, 3.8) is 0 Å². The lowest BCUT2D eigenvalue weighted by atomic mass is 10.3. The fraction of sp³-hybridized carbons (Fsp3) is 0.250. The summed E-state index contributed by atoms with van der Waals surface area (Å²) < 4.78 is 0. The van der Waals surface area contributed by atoms with Crippen molar-refractivity contribution in [3.05, 3.63) is 60.7 Å². The summed E-state index contributed by atoms with van der Waals surface area (Å²) in [7, 11) is 0. The van der Waals surface area contributed by atoms with Gasteiger partial charge in [0.2, 0.25) is 0 Å². The SMILES string of the molecule is CC(C)C.c1ccc(Nc2ccccc2)cc1. The summed E-state index contributed by atoms with van der Waals surface area (Å²) >= 11 is 0. The lowest BCUT2D eigenvalue weighted by Crippen LogP contribution is -1.87. The minimum absolute atomic E-state index is 0.833. The Balaban J connectivity index is 0.000000317. The third-order valence-electron chi connectivity index (χ3n) is 1.84. The highest BCUT2D eigenvalue weighted by atomic mass is 14.9. The Bertz CT molecular complexity index is 352. The molecule has 0 bridgehead atoms. The van der Waals surface area contributed by atoms with Gasteiger partial charge < -0.3 is 5.32 Å². The summed E-state index contributed by atoms with van der Waals surface area (Å²) in [5.74, 6) is 0.833. The monoisotopic (exact) mass is 227 g/mol. The molecule has 2 rings (SSSR count). The number of benzene rings is 2. The number of hydrogen-bond donors (Lipinski definition) is 1. The van der Waals surface area contributed by atoms with Crippen molar-refractivity contribution < 1.29 is 0 Å². The molecule has 0 unspecified atom stereocenters. The Morgan fingerprint density at radius 2 is 0.941 bits per heavy atom. The van der Waals surface area contributed by atoms with Gasteiger partial charge in [-0.2, -0.15) is 0 Å². The summed E-state index contributed by atoms with van der Waals surface area (Å²) in [4.78, 5) is 0. The van der Waals surface area contributed by atoms with E-state index in [0.29, 0.717) is 0 Å². The standard InChI is InChI=1S/C12H11N.C4H10/c1-3-7-11(8-4-1)13-12-9-5-2-6-10-12;1-4(2)3/h1-10,13H;4H,1-3H3. The lowest BCUT2D eigenvalue weighted by molar-refractivity contribution is 0.737. The van der Waals surface area contributed by atoms with Crippen LogP contribution in [-0.2, 0) is 0 Å². The molecule has 0 radical (unpaired) electrons. The summed E-state index contributed by atoms with van der Waals surface area (Å²) in [5.41, 5.74) is 2.24. The van der Waals surface area contributed by atoms with Gasteiger partial charge in [0.25, 0.3) is 0 Å². The number of rotatable bonds is 2. The Morgan fingerprint density at radius 1 is 0.647 bits per heavy atom. The maximum absolute atomic E-state index is 3.30. The topological polar surface area (TPSA) is 12.0 Å². The first-order valence-electron chi connectivity index (χ1n) is 6.05. The molecule has 0 saturated carbocycles. The molecule has 0 aliphatic rings. The van der Waals surface area contributed by atoms with Gasteiger partial charge in [-0.05, 0) is 30.2 Å². The molecule has 0 atom stereocenters. The Morgan fingerprint density at radius 3 is 1.24 bits per heavy atom. The zero-order valence-electron chi connectivity index (χ0n) is 10.9. The molecular formula is C16H21N. The first-order valence-corrected chi connectivity index (χ1v) is 6.05. The highest BCUT2D eigenvalue weighted by molar-refractivity contribution is 5.58. The molecule has 1 nitrogen and oxygen atoms in total. The quantitative estimate of drug-likeness (QED) is 0.753. The van der Waals surface area contributed by atoms with Crippen LogP contribution in [-0.4, -0.2) is 0 Å². The molecule has 0 fully saturated rings. The van der Waals surface area contributed by atoms with E-state index in [1.165, 1.54) is 0 Å². The second kappa shape index (κ2) is 7.50. The van der Waals surface area contributed by atoms with Gasteiger partial charge in [0.15, 0.2) is 0 Å². The molecule has 0 aromatic heterocycles. The van der Waals surface area contributed by atoms with E-state index in [0.717, 1.165) is 17.3 Å². The molecule has 0 aliphatic carbocycles. The maximum atomic E-state index is 3.30. The van der Waals surface area contributed by atoms with Crippen molar-refractivity contribution in [1.82, 2.24) is 0 Å². The second-order valence-electron chi connectivity index (χ2n) is 4.59. The van der Waals surface area contributed by atoms with E-state index in [1.807, 2.05) is 60.7 Å². The van der Waals surface area contributed by atoms with Crippen LogP contribution in [0, 0.1) is 5.92 Å². The molecule has 1 N–H and O–H groups in total. The summed E-state index contributed by atoms with van der Waals surface area (Å²) in [6, 6.07) is 20.3. The largest absolute Gasteiger partial charge is 0.356 e. The molecular weight excluding hydrogens is 206 g/mol. The molecule has 17 heavy (non-hydrogen) atoms. The summed E-state index contributed by atoms with van der Waals surface area (Å²) in [6.45, 7) is 6.50. The number of anilines is 2. The van der Waals surface area contributed by atoms with Crippen molar-refractivity contribution in [2.45, 2.75) is 20.8 Å². The number of hydrogen-bond acceptors (Lipinski definition) is 1. The number of nitrogens with one attached hydrogen (secondary N) is 1. The van der Waals surface area contributed by atoms with Gasteiger partial charge in [-0.3, -0.25) is 0 Å². The van der Waals surface area contributed by atoms with Crippen LogP contribution in [0.15, 0.2) is 60.7 Å². The van der Waals surface area contributed by atoms with Gasteiger partial charge in [-0.15, -0.1) is 0 Å². The molecule has 2 aromatic carbocycles. The van der Waals surface area contributed by atoms with Crippen LogP contribution < -0.4 is 5.32 Å².